The molecular weight excluding hydrogens is 289 g/mol. The summed E-state index contributed by atoms with van der Waals surface area (Å²) in [6, 6.07) is 4.69. The van der Waals surface area contributed by atoms with E-state index in [1.165, 1.54) is 31.4 Å². The van der Waals surface area contributed by atoms with Crippen LogP contribution in [0.5, 0.6) is 0 Å². The van der Waals surface area contributed by atoms with Crippen LogP contribution in [0.25, 0.3) is 0 Å². The number of benzene rings is 1. The third-order valence-corrected chi connectivity index (χ3v) is 3.15. The summed E-state index contributed by atoms with van der Waals surface area (Å²) in [5.74, 6) is -1.47. The number of aliphatic hydroxyl groups is 1. The lowest BCUT2D eigenvalue weighted by Gasteiger charge is -2.19. The largest absolute Gasteiger partial charge is 0.467 e. The molecule has 1 amide bonds. The number of carbonyl (C=O) groups is 2. The average Bonchev–Trinajstić information content (AvgIpc) is 2.47. The van der Waals surface area contributed by atoms with Gasteiger partial charge in [-0.3, -0.25) is 4.79 Å². The number of nitrogens with one attached hydrogen (secondary N) is 1. The number of esters is 1. The molecule has 2 atom stereocenters. The fourth-order valence-corrected chi connectivity index (χ4v) is 2.01. The highest BCUT2D eigenvalue weighted by molar-refractivity contribution is 5.86. The van der Waals surface area contributed by atoms with Crippen LogP contribution in [0.1, 0.15) is 25.8 Å². The van der Waals surface area contributed by atoms with Crippen LogP contribution >= 0.6 is 0 Å². The molecule has 1 rings (SSSR count). The minimum atomic E-state index is -1.18. The van der Waals surface area contributed by atoms with Gasteiger partial charge in [-0.2, -0.15) is 0 Å². The number of ether oxygens (including phenoxy) is 1. The lowest BCUT2D eigenvalue weighted by Crippen LogP contribution is -2.47. The maximum Gasteiger partial charge on any atom is 0.328 e. The number of halogens is 1. The van der Waals surface area contributed by atoms with Crippen LogP contribution < -0.4 is 5.32 Å². The molecule has 1 aromatic carbocycles. The molecule has 0 aliphatic heterocycles. The Hall–Kier alpha value is -1.95. The minimum Gasteiger partial charge on any atom is -0.467 e. The SMILES string of the molecule is COC(=O)[C@@H](Cc1ccc(F)cc1)NC(=O)[C@@H](O)CC(C)C. The Balaban J connectivity index is 2.74. The summed E-state index contributed by atoms with van der Waals surface area (Å²) in [5, 5.41) is 12.3. The second-order valence-electron chi connectivity index (χ2n) is 5.56. The monoisotopic (exact) mass is 311 g/mol. The lowest BCUT2D eigenvalue weighted by molar-refractivity contribution is -0.146. The van der Waals surface area contributed by atoms with Gasteiger partial charge in [-0.1, -0.05) is 26.0 Å². The summed E-state index contributed by atoms with van der Waals surface area (Å²) in [6.45, 7) is 3.76. The molecule has 0 saturated heterocycles. The summed E-state index contributed by atoms with van der Waals surface area (Å²) in [4.78, 5) is 23.7. The number of carbonyl (C=O) groups excluding carboxylic acids is 2. The van der Waals surface area contributed by atoms with E-state index in [4.69, 9.17) is 0 Å². The zero-order chi connectivity index (χ0) is 16.7. The molecule has 0 saturated carbocycles. The van der Waals surface area contributed by atoms with E-state index in [9.17, 15) is 19.1 Å². The van der Waals surface area contributed by atoms with Crippen molar-refractivity contribution in [3.8, 4) is 0 Å². The normalized spacial score (nSPS) is 13.5. The molecule has 0 aliphatic rings. The zero-order valence-corrected chi connectivity index (χ0v) is 13.0. The number of amides is 1. The van der Waals surface area contributed by atoms with Crippen molar-refractivity contribution in [1.29, 1.82) is 0 Å². The van der Waals surface area contributed by atoms with Gasteiger partial charge in [-0.25, -0.2) is 9.18 Å². The van der Waals surface area contributed by atoms with E-state index in [1.54, 1.807) is 0 Å². The highest BCUT2D eigenvalue weighted by Crippen LogP contribution is 2.09. The van der Waals surface area contributed by atoms with E-state index in [2.05, 4.69) is 10.1 Å². The van der Waals surface area contributed by atoms with E-state index in [0.29, 0.717) is 12.0 Å². The topological polar surface area (TPSA) is 75.6 Å². The number of hydrogen-bond donors (Lipinski definition) is 2. The van der Waals surface area contributed by atoms with Gasteiger partial charge in [0.25, 0.3) is 0 Å². The highest BCUT2D eigenvalue weighted by Gasteiger charge is 2.25. The van der Waals surface area contributed by atoms with Crippen LogP contribution in [-0.4, -0.2) is 36.2 Å². The third-order valence-electron chi connectivity index (χ3n) is 3.15. The van der Waals surface area contributed by atoms with Crippen molar-refractivity contribution in [1.82, 2.24) is 5.32 Å². The van der Waals surface area contributed by atoms with Crippen LogP contribution in [0, 0.1) is 11.7 Å². The van der Waals surface area contributed by atoms with Crippen molar-refractivity contribution in [2.45, 2.75) is 38.8 Å². The van der Waals surface area contributed by atoms with Gasteiger partial charge < -0.3 is 15.2 Å². The van der Waals surface area contributed by atoms with Crippen LogP contribution in [0.4, 0.5) is 4.39 Å². The molecule has 22 heavy (non-hydrogen) atoms. The van der Waals surface area contributed by atoms with Gasteiger partial charge in [0.2, 0.25) is 5.91 Å². The van der Waals surface area contributed by atoms with Crippen molar-refractivity contribution >= 4 is 11.9 Å². The lowest BCUT2D eigenvalue weighted by atomic mass is 10.0. The predicted molar refractivity (Wildman–Crippen MR) is 79.5 cm³/mol. The van der Waals surface area contributed by atoms with Gasteiger partial charge in [0.1, 0.15) is 18.0 Å². The Labute approximate surface area is 129 Å². The Morgan fingerprint density at radius 3 is 2.36 bits per heavy atom. The van der Waals surface area contributed by atoms with Gasteiger partial charge in [-0.05, 0) is 30.0 Å². The molecule has 6 heteroatoms. The quantitative estimate of drug-likeness (QED) is 0.747. The van der Waals surface area contributed by atoms with Crippen LogP contribution in [0.2, 0.25) is 0 Å². The second kappa shape index (κ2) is 8.48. The van der Waals surface area contributed by atoms with E-state index < -0.39 is 24.0 Å². The van der Waals surface area contributed by atoms with E-state index in [0.717, 1.165) is 0 Å². The summed E-state index contributed by atoms with van der Waals surface area (Å²) < 4.78 is 17.6. The molecule has 0 unspecified atom stereocenters. The number of aliphatic hydroxyl groups excluding tert-OH is 1. The molecular formula is C16H22FNO4. The highest BCUT2D eigenvalue weighted by atomic mass is 19.1. The molecule has 0 fully saturated rings. The molecule has 2 N–H and O–H groups in total. The molecule has 0 aliphatic carbocycles. The molecule has 0 spiro atoms. The fraction of sp³-hybridized carbons (Fsp3) is 0.500. The number of hydrogen-bond acceptors (Lipinski definition) is 4. The van der Waals surface area contributed by atoms with Gasteiger partial charge in [0, 0.05) is 6.42 Å². The molecule has 122 valence electrons. The van der Waals surface area contributed by atoms with E-state index in [-0.39, 0.29) is 18.2 Å². The van der Waals surface area contributed by atoms with Gasteiger partial charge >= 0.3 is 5.97 Å². The molecule has 0 bridgehead atoms. The van der Waals surface area contributed by atoms with Crippen LogP contribution in [-0.2, 0) is 20.7 Å². The first-order valence-corrected chi connectivity index (χ1v) is 7.14. The first kappa shape index (κ1) is 18.1. The first-order valence-electron chi connectivity index (χ1n) is 7.14. The molecule has 1 aromatic rings. The Kier molecular flexibility index (Phi) is 6.98. The van der Waals surface area contributed by atoms with Crippen molar-refractivity contribution in [2.75, 3.05) is 7.11 Å². The summed E-state index contributed by atoms with van der Waals surface area (Å²) in [6.07, 6.45) is -0.719. The maximum absolute atomic E-state index is 12.9. The third kappa shape index (κ3) is 5.81. The number of rotatable bonds is 7. The molecule has 0 radical (unpaired) electrons. The predicted octanol–water partition coefficient (Wildman–Crippen LogP) is 1.43. The molecule has 0 heterocycles. The van der Waals surface area contributed by atoms with Gasteiger partial charge in [0.15, 0.2) is 0 Å². The van der Waals surface area contributed by atoms with E-state index in [1.807, 2.05) is 13.8 Å². The summed E-state index contributed by atoms with van der Waals surface area (Å²) >= 11 is 0. The minimum absolute atomic E-state index is 0.148. The maximum atomic E-state index is 12.9. The zero-order valence-electron chi connectivity index (χ0n) is 13.0. The second-order valence-corrected chi connectivity index (χ2v) is 5.56. The van der Waals surface area contributed by atoms with Gasteiger partial charge in [-0.15, -0.1) is 0 Å². The molecule has 0 aromatic heterocycles. The number of methoxy groups -OCH3 is 1. The standard InChI is InChI=1S/C16H22FNO4/c1-10(2)8-14(19)15(20)18-13(16(21)22-3)9-11-4-6-12(17)7-5-11/h4-7,10,13-14,19H,8-9H2,1-3H3,(H,18,20)/t13-,14+/m1/s1. The van der Waals surface area contributed by atoms with Crippen molar-refractivity contribution < 1.29 is 23.8 Å². The van der Waals surface area contributed by atoms with Crippen molar-refractivity contribution in [3.63, 3.8) is 0 Å². The molecule has 5 nitrogen and oxygen atoms in total. The summed E-state index contributed by atoms with van der Waals surface area (Å²) in [5.41, 5.74) is 0.676. The Morgan fingerprint density at radius 2 is 1.86 bits per heavy atom. The smallest absolute Gasteiger partial charge is 0.328 e. The van der Waals surface area contributed by atoms with Gasteiger partial charge in [0.05, 0.1) is 7.11 Å². The van der Waals surface area contributed by atoms with Crippen molar-refractivity contribution in [2.24, 2.45) is 5.92 Å². The van der Waals surface area contributed by atoms with Crippen molar-refractivity contribution in [3.05, 3.63) is 35.6 Å². The van der Waals surface area contributed by atoms with E-state index >= 15 is 0 Å². The summed E-state index contributed by atoms with van der Waals surface area (Å²) in [7, 11) is 1.22. The van der Waals surface area contributed by atoms with Crippen LogP contribution in [0.15, 0.2) is 24.3 Å². The average molecular weight is 311 g/mol. The Bertz CT molecular complexity index is 501. The fourth-order valence-electron chi connectivity index (χ4n) is 2.01. The Morgan fingerprint density at radius 1 is 1.27 bits per heavy atom. The van der Waals surface area contributed by atoms with Crippen LogP contribution in [0.3, 0.4) is 0 Å². The first-order chi connectivity index (χ1) is 10.3.